The maximum atomic E-state index is 13.0. The molecule has 4 aromatic carbocycles. The smallest absolute Gasteiger partial charge is 0.407 e. The van der Waals surface area contributed by atoms with E-state index in [0.29, 0.717) is 0 Å². The van der Waals surface area contributed by atoms with Crippen LogP contribution < -0.4 is 5.32 Å². The topological polar surface area (TPSA) is 119 Å². The van der Waals surface area contributed by atoms with Gasteiger partial charge in [0.2, 0.25) is 0 Å². The zero-order valence-electron chi connectivity index (χ0n) is 27.0. The van der Waals surface area contributed by atoms with Crippen molar-refractivity contribution < 1.29 is 42.8 Å². The molecule has 0 unspecified atom stereocenters. The zero-order valence-corrected chi connectivity index (χ0v) is 27.0. The maximum absolute atomic E-state index is 13.0. The molecule has 1 saturated heterocycles. The lowest BCUT2D eigenvalue weighted by molar-refractivity contribution is -0.275. The second-order valence-electron chi connectivity index (χ2n) is 11.2. The summed E-state index contributed by atoms with van der Waals surface area (Å²) >= 11 is 0. The average Bonchev–Trinajstić information content (AvgIpc) is 3.11. The molecular weight excluding hydrogens is 614 g/mol. The normalized spacial score (nSPS) is 20.7. The van der Waals surface area contributed by atoms with Crippen LogP contribution in [0, 0.1) is 0 Å². The number of alkyl carbamates (subject to hydrolysis) is 1. The molecule has 250 valence electrons. The molecular formula is C38H39NO9. The molecule has 1 heterocycles. The molecule has 1 fully saturated rings. The summed E-state index contributed by atoms with van der Waals surface area (Å²) in [4.78, 5) is 37.9. The van der Waals surface area contributed by atoms with Crippen LogP contribution in [0.5, 0.6) is 0 Å². The zero-order chi connectivity index (χ0) is 33.9. The number of methoxy groups -OCH3 is 1. The molecule has 1 aliphatic rings. The fourth-order valence-corrected chi connectivity index (χ4v) is 5.93. The minimum absolute atomic E-state index is 0.000507. The fourth-order valence-electron chi connectivity index (χ4n) is 5.93. The van der Waals surface area contributed by atoms with E-state index in [9.17, 15) is 14.4 Å². The van der Waals surface area contributed by atoms with E-state index in [-0.39, 0.29) is 13.2 Å². The first kappa shape index (κ1) is 34.3. The predicted molar refractivity (Wildman–Crippen MR) is 175 cm³/mol. The van der Waals surface area contributed by atoms with Crippen molar-refractivity contribution in [1.29, 1.82) is 0 Å². The van der Waals surface area contributed by atoms with Crippen LogP contribution in [-0.4, -0.2) is 62.4 Å². The highest BCUT2D eigenvalue weighted by atomic mass is 16.7. The molecule has 1 amide bonds. The van der Waals surface area contributed by atoms with Crippen LogP contribution in [0.25, 0.3) is 0 Å². The van der Waals surface area contributed by atoms with Crippen LogP contribution in [-0.2, 0) is 50.2 Å². The van der Waals surface area contributed by atoms with Gasteiger partial charge in [0.05, 0.1) is 6.61 Å². The van der Waals surface area contributed by atoms with Crippen LogP contribution in [0.1, 0.15) is 36.1 Å². The van der Waals surface area contributed by atoms with E-state index in [1.54, 1.807) is 0 Å². The average molecular weight is 654 g/mol. The van der Waals surface area contributed by atoms with Crippen LogP contribution in [0.4, 0.5) is 4.79 Å². The molecule has 10 nitrogen and oxygen atoms in total. The molecule has 0 spiro atoms. The minimum atomic E-state index is -1.22. The first-order valence-electron chi connectivity index (χ1n) is 15.6. The van der Waals surface area contributed by atoms with Crippen LogP contribution in [0.2, 0.25) is 0 Å². The number of rotatable bonds is 12. The number of carbonyl (C=O) groups excluding carboxylic acids is 3. The van der Waals surface area contributed by atoms with Gasteiger partial charge in [0.15, 0.2) is 18.5 Å². The van der Waals surface area contributed by atoms with Gasteiger partial charge >= 0.3 is 18.0 Å². The molecule has 0 radical (unpaired) electrons. The highest BCUT2D eigenvalue weighted by molar-refractivity contribution is 5.69. The van der Waals surface area contributed by atoms with E-state index in [4.69, 9.17) is 28.4 Å². The Hall–Kier alpha value is -5.03. The van der Waals surface area contributed by atoms with E-state index in [2.05, 4.69) is 5.32 Å². The van der Waals surface area contributed by atoms with Gasteiger partial charge in [0.25, 0.3) is 0 Å². The largest absolute Gasteiger partial charge is 0.456 e. The summed E-state index contributed by atoms with van der Waals surface area (Å²) in [7, 11) is 1.39. The summed E-state index contributed by atoms with van der Waals surface area (Å²) in [5.74, 6) is -1.31. The molecule has 1 N–H and O–H groups in total. The van der Waals surface area contributed by atoms with Crippen LogP contribution in [0.15, 0.2) is 121 Å². The van der Waals surface area contributed by atoms with E-state index >= 15 is 0 Å². The van der Waals surface area contributed by atoms with Crippen molar-refractivity contribution in [3.05, 3.63) is 144 Å². The lowest BCUT2D eigenvalue weighted by Crippen LogP contribution is -2.66. The van der Waals surface area contributed by atoms with Gasteiger partial charge in [-0.15, -0.1) is 0 Å². The molecule has 5 atom stereocenters. The minimum Gasteiger partial charge on any atom is -0.456 e. The lowest BCUT2D eigenvalue weighted by Gasteiger charge is -2.45. The Balaban J connectivity index is 1.49. The summed E-state index contributed by atoms with van der Waals surface area (Å²) in [5, 5.41) is 2.70. The van der Waals surface area contributed by atoms with E-state index in [0.717, 1.165) is 22.3 Å². The van der Waals surface area contributed by atoms with Gasteiger partial charge in [0.1, 0.15) is 24.4 Å². The van der Waals surface area contributed by atoms with Crippen molar-refractivity contribution in [2.75, 3.05) is 13.7 Å². The van der Waals surface area contributed by atoms with Crippen molar-refractivity contribution in [3.8, 4) is 0 Å². The number of benzene rings is 4. The van der Waals surface area contributed by atoms with Crippen molar-refractivity contribution in [2.24, 2.45) is 0 Å². The van der Waals surface area contributed by atoms with Crippen molar-refractivity contribution in [2.45, 2.75) is 56.7 Å². The molecule has 1 aliphatic heterocycles. The van der Waals surface area contributed by atoms with Gasteiger partial charge in [-0.1, -0.05) is 121 Å². The summed E-state index contributed by atoms with van der Waals surface area (Å²) in [6.45, 7) is 2.33. The van der Waals surface area contributed by atoms with Crippen molar-refractivity contribution in [1.82, 2.24) is 5.32 Å². The number of carbonyl (C=O) groups is 3. The SMILES string of the molecule is CO[C@H]1O[C@H](COC(c2ccccc2)(c2ccccc2)c2ccccc2)[C@@H](OC(C)=O)[C@H](OC(C)=O)[C@H]1NC(=O)OCc1ccccc1. The van der Waals surface area contributed by atoms with Crippen LogP contribution in [0.3, 0.4) is 0 Å². The monoisotopic (exact) mass is 653 g/mol. The summed E-state index contributed by atoms with van der Waals surface area (Å²) in [6, 6.07) is 37.3. The van der Waals surface area contributed by atoms with Crippen molar-refractivity contribution >= 4 is 18.0 Å². The molecule has 4 aromatic rings. The summed E-state index contributed by atoms with van der Waals surface area (Å²) < 4.78 is 35.9. The number of amides is 1. The summed E-state index contributed by atoms with van der Waals surface area (Å²) in [5.41, 5.74) is 2.21. The standard InChI is InChI=1S/C38H39NO9/c1-26(40)46-34-32(48-36(43-3)33(35(34)47-27(2)41)39-37(42)44-24-28-16-8-4-9-17-28)25-45-38(29-18-10-5-11-19-29,30-20-12-6-13-21-30)31-22-14-7-15-23-31/h4-23,32-36H,24-25H2,1-3H3,(H,39,42)/t32-,33-,34-,35-,36+/m1/s1. The Kier molecular flexibility index (Phi) is 11.6. The molecule has 5 rings (SSSR count). The third-order valence-electron chi connectivity index (χ3n) is 7.99. The Morgan fingerprint density at radius 1 is 0.688 bits per heavy atom. The number of nitrogens with one attached hydrogen (secondary N) is 1. The highest BCUT2D eigenvalue weighted by Gasteiger charge is 2.52. The van der Waals surface area contributed by atoms with Crippen molar-refractivity contribution in [3.63, 3.8) is 0 Å². The Bertz CT molecular complexity index is 1520. The second kappa shape index (κ2) is 16.2. The lowest BCUT2D eigenvalue weighted by atomic mass is 9.80. The number of hydrogen-bond acceptors (Lipinski definition) is 9. The predicted octanol–water partition coefficient (Wildman–Crippen LogP) is 5.52. The molecule has 48 heavy (non-hydrogen) atoms. The number of hydrogen-bond donors (Lipinski definition) is 1. The Morgan fingerprint density at radius 2 is 1.15 bits per heavy atom. The van der Waals surface area contributed by atoms with Gasteiger partial charge in [-0.05, 0) is 22.3 Å². The van der Waals surface area contributed by atoms with Gasteiger partial charge in [-0.2, -0.15) is 0 Å². The van der Waals surface area contributed by atoms with Gasteiger partial charge < -0.3 is 33.7 Å². The first-order chi connectivity index (χ1) is 23.3. The Labute approximate surface area is 279 Å². The van der Waals surface area contributed by atoms with E-state index in [1.807, 2.05) is 121 Å². The molecule has 0 aliphatic carbocycles. The fraction of sp³-hybridized carbons (Fsp3) is 0.289. The van der Waals surface area contributed by atoms with Gasteiger partial charge in [0, 0.05) is 21.0 Å². The third-order valence-corrected chi connectivity index (χ3v) is 7.99. The first-order valence-corrected chi connectivity index (χ1v) is 15.6. The number of ether oxygens (including phenoxy) is 6. The van der Waals surface area contributed by atoms with E-state index < -0.39 is 54.3 Å². The van der Waals surface area contributed by atoms with E-state index in [1.165, 1.54) is 21.0 Å². The Morgan fingerprint density at radius 3 is 1.60 bits per heavy atom. The molecule has 0 bridgehead atoms. The quantitative estimate of drug-likeness (QED) is 0.120. The van der Waals surface area contributed by atoms with Gasteiger partial charge in [-0.25, -0.2) is 4.79 Å². The maximum Gasteiger partial charge on any atom is 0.407 e. The number of esters is 2. The molecule has 0 aromatic heterocycles. The molecule has 10 heteroatoms. The van der Waals surface area contributed by atoms with Gasteiger partial charge in [-0.3, -0.25) is 9.59 Å². The van der Waals surface area contributed by atoms with Crippen LogP contribution >= 0.6 is 0 Å². The molecule has 0 saturated carbocycles. The second-order valence-corrected chi connectivity index (χ2v) is 11.2. The highest BCUT2D eigenvalue weighted by Crippen LogP contribution is 2.41. The summed E-state index contributed by atoms with van der Waals surface area (Å²) in [6.07, 6.45) is -5.37. The third kappa shape index (κ3) is 8.09.